The summed E-state index contributed by atoms with van der Waals surface area (Å²) in [6.07, 6.45) is 1.57. The maximum Gasteiger partial charge on any atom is 0.313 e. The number of esters is 1. The molecule has 1 aromatic heterocycles. The van der Waals surface area contributed by atoms with Gasteiger partial charge in [-0.05, 0) is 25.5 Å². The van der Waals surface area contributed by atoms with Crippen molar-refractivity contribution < 1.29 is 9.53 Å². The summed E-state index contributed by atoms with van der Waals surface area (Å²) in [6.45, 7) is 3.47. The summed E-state index contributed by atoms with van der Waals surface area (Å²) in [5, 5.41) is 0.395. The Kier molecular flexibility index (Phi) is 3.88. The highest BCUT2D eigenvalue weighted by molar-refractivity contribution is 6.29. The second kappa shape index (κ2) is 4.80. The van der Waals surface area contributed by atoms with Crippen molar-refractivity contribution in [2.24, 2.45) is 11.1 Å². The summed E-state index contributed by atoms with van der Waals surface area (Å²) in [4.78, 5) is 15.5. The average Bonchev–Trinajstić information content (AvgIpc) is 2.28. The Morgan fingerprint density at radius 2 is 2.19 bits per heavy atom. The molecule has 0 radical (unpaired) electrons. The van der Waals surface area contributed by atoms with Gasteiger partial charge in [-0.15, -0.1) is 0 Å². The highest BCUT2D eigenvalue weighted by Gasteiger charge is 2.36. The van der Waals surface area contributed by atoms with E-state index in [4.69, 9.17) is 22.1 Å². The summed E-state index contributed by atoms with van der Waals surface area (Å²) >= 11 is 5.68. The number of aromatic nitrogens is 1. The molecule has 5 heteroatoms. The Balaban J connectivity index is 2.97. The molecule has 0 unspecified atom stereocenters. The van der Waals surface area contributed by atoms with Crippen molar-refractivity contribution in [3.05, 3.63) is 29.0 Å². The fraction of sp³-hybridized carbons (Fsp3) is 0.455. The lowest BCUT2D eigenvalue weighted by molar-refractivity contribution is -0.152. The molecular formula is C11H15ClN2O2. The van der Waals surface area contributed by atoms with E-state index in [0.717, 1.165) is 5.56 Å². The Hall–Kier alpha value is -1.13. The lowest BCUT2D eigenvalue weighted by Gasteiger charge is -2.28. The number of nitrogens with two attached hydrogens (primary N) is 1. The van der Waals surface area contributed by atoms with Crippen molar-refractivity contribution in [2.75, 3.05) is 7.11 Å². The normalized spacial score (nSPS) is 13.3. The molecule has 0 aliphatic heterocycles. The minimum Gasteiger partial charge on any atom is -0.469 e. The standard InChI is InChI=1S/C11H15ClN2O2/c1-11(2,10(15)16-3)9(13)7-4-5-8(12)14-6-7/h4-6,9H,13H2,1-3H3/t9-/m0/s1. The predicted octanol–water partition coefficient (Wildman–Crippen LogP) is 1.93. The first-order valence-electron chi connectivity index (χ1n) is 4.85. The average molecular weight is 243 g/mol. The number of hydrogen-bond donors (Lipinski definition) is 1. The van der Waals surface area contributed by atoms with Crippen LogP contribution in [-0.4, -0.2) is 18.1 Å². The van der Waals surface area contributed by atoms with Crippen LogP contribution in [0.3, 0.4) is 0 Å². The molecule has 0 aliphatic carbocycles. The van der Waals surface area contributed by atoms with E-state index >= 15 is 0 Å². The highest BCUT2D eigenvalue weighted by atomic mass is 35.5. The molecule has 0 aliphatic rings. The van der Waals surface area contributed by atoms with Crippen LogP contribution in [0.5, 0.6) is 0 Å². The molecule has 1 atom stereocenters. The molecule has 0 fully saturated rings. The molecule has 0 saturated carbocycles. The summed E-state index contributed by atoms with van der Waals surface area (Å²) in [5.41, 5.74) is 5.96. The molecule has 16 heavy (non-hydrogen) atoms. The molecule has 1 heterocycles. The Bertz CT molecular complexity index is 376. The van der Waals surface area contributed by atoms with Gasteiger partial charge in [-0.25, -0.2) is 4.98 Å². The van der Waals surface area contributed by atoms with Gasteiger partial charge in [-0.2, -0.15) is 0 Å². The van der Waals surface area contributed by atoms with Crippen molar-refractivity contribution in [3.8, 4) is 0 Å². The van der Waals surface area contributed by atoms with Crippen molar-refractivity contribution in [2.45, 2.75) is 19.9 Å². The molecule has 1 aromatic rings. The highest BCUT2D eigenvalue weighted by Crippen LogP contribution is 2.32. The van der Waals surface area contributed by atoms with Crippen LogP contribution in [0.2, 0.25) is 5.15 Å². The van der Waals surface area contributed by atoms with Crippen LogP contribution in [0.25, 0.3) is 0 Å². The minimum absolute atomic E-state index is 0.352. The molecule has 0 spiro atoms. The Labute approximate surface area is 99.8 Å². The predicted molar refractivity (Wildman–Crippen MR) is 62.0 cm³/mol. The van der Waals surface area contributed by atoms with Gasteiger partial charge in [0.05, 0.1) is 12.5 Å². The SMILES string of the molecule is COC(=O)C(C)(C)[C@@H](N)c1ccc(Cl)nc1. The van der Waals surface area contributed by atoms with E-state index in [9.17, 15) is 4.79 Å². The smallest absolute Gasteiger partial charge is 0.313 e. The molecule has 1 rings (SSSR count). The van der Waals surface area contributed by atoms with Crippen LogP contribution in [-0.2, 0) is 9.53 Å². The maximum atomic E-state index is 11.6. The van der Waals surface area contributed by atoms with Gasteiger partial charge in [0.15, 0.2) is 0 Å². The summed E-state index contributed by atoms with van der Waals surface area (Å²) in [5.74, 6) is -0.352. The molecule has 0 amide bonds. The third kappa shape index (κ3) is 2.51. The first-order valence-corrected chi connectivity index (χ1v) is 5.23. The fourth-order valence-corrected chi connectivity index (χ4v) is 1.49. The molecule has 2 N–H and O–H groups in total. The van der Waals surface area contributed by atoms with Crippen LogP contribution in [0, 0.1) is 5.41 Å². The van der Waals surface area contributed by atoms with E-state index in [0.29, 0.717) is 5.15 Å². The van der Waals surface area contributed by atoms with E-state index in [1.54, 1.807) is 32.2 Å². The van der Waals surface area contributed by atoms with Gasteiger partial charge < -0.3 is 10.5 Å². The number of nitrogens with zero attached hydrogens (tertiary/aromatic N) is 1. The van der Waals surface area contributed by atoms with Crippen molar-refractivity contribution in [1.29, 1.82) is 0 Å². The first kappa shape index (κ1) is 12.9. The monoisotopic (exact) mass is 242 g/mol. The van der Waals surface area contributed by atoms with Crippen molar-refractivity contribution in [3.63, 3.8) is 0 Å². The van der Waals surface area contributed by atoms with Crippen LogP contribution >= 0.6 is 11.6 Å². The van der Waals surface area contributed by atoms with Crippen molar-refractivity contribution >= 4 is 17.6 Å². The summed E-state index contributed by atoms with van der Waals surface area (Å²) in [6, 6.07) is 2.92. The zero-order valence-electron chi connectivity index (χ0n) is 9.53. The number of ether oxygens (including phenoxy) is 1. The molecule has 0 bridgehead atoms. The minimum atomic E-state index is -0.801. The largest absolute Gasteiger partial charge is 0.469 e. The summed E-state index contributed by atoms with van der Waals surface area (Å²) in [7, 11) is 1.34. The number of carbonyl (C=O) groups excluding carboxylic acids is 1. The summed E-state index contributed by atoms with van der Waals surface area (Å²) < 4.78 is 4.72. The topological polar surface area (TPSA) is 65.2 Å². The number of halogens is 1. The van der Waals surface area contributed by atoms with Gasteiger partial charge in [0.2, 0.25) is 0 Å². The Morgan fingerprint density at radius 3 is 2.62 bits per heavy atom. The van der Waals surface area contributed by atoms with E-state index in [-0.39, 0.29) is 5.97 Å². The van der Waals surface area contributed by atoms with Gasteiger partial charge in [-0.3, -0.25) is 4.79 Å². The van der Waals surface area contributed by atoms with E-state index in [2.05, 4.69) is 4.98 Å². The number of carbonyl (C=O) groups is 1. The first-order chi connectivity index (χ1) is 7.39. The zero-order valence-corrected chi connectivity index (χ0v) is 10.3. The van der Waals surface area contributed by atoms with Gasteiger partial charge in [0, 0.05) is 12.2 Å². The molecular weight excluding hydrogens is 228 g/mol. The maximum absolute atomic E-state index is 11.6. The van der Waals surface area contributed by atoms with Crippen molar-refractivity contribution in [1.82, 2.24) is 4.98 Å². The quantitative estimate of drug-likeness (QED) is 0.650. The van der Waals surface area contributed by atoms with Gasteiger partial charge in [0.1, 0.15) is 5.15 Å². The Morgan fingerprint density at radius 1 is 1.56 bits per heavy atom. The second-order valence-corrected chi connectivity index (χ2v) is 4.49. The molecule has 0 saturated heterocycles. The third-order valence-corrected chi connectivity index (χ3v) is 2.82. The van der Waals surface area contributed by atoms with Gasteiger partial charge in [0.25, 0.3) is 0 Å². The molecule has 0 aromatic carbocycles. The second-order valence-electron chi connectivity index (χ2n) is 4.11. The number of methoxy groups -OCH3 is 1. The van der Waals surface area contributed by atoms with Crippen LogP contribution in [0.4, 0.5) is 0 Å². The molecule has 88 valence electrons. The van der Waals surface area contributed by atoms with E-state index in [1.165, 1.54) is 7.11 Å². The fourth-order valence-electron chi connectivity index (χ4n) is 1.38. The van der Waals surface area contributed by atoms with E-state index < -0.39 is 11.5 Å². The lowest BCUT2D eigenvalue weighted by Crippen LogP contribution is -2.37. The van der Waals surface area contributed by atoms with Crippen LogP contribution in [0.1, 0.15) is 25.5 Å². The third-order valence-electron chi connectivity index (χ3n) is 2.60. The number of rotatable bonds is 3. The van der Waals surface area contributed by atoms with E-state index in [1.807, 2.05) is 0 Å². The van der Waals surface area contributed by atoms with Gasteiger partial charge in [-0.1, -0.05) is 17.7 Å². The number of pyridine rings is 1. The van der Waals surface area contributed by atoms with Crippen LogP contribution in [0.15, 0.2) is 18.3 Å². The van der Waals surface area contributed by atoms with Crippen LogP contribution < -0.4 is 5.73 Å². The lowest BCUT2D eigenvalue weighted by atomic mass is 9.81. The molecule has 4 nitrogen and oxygen atoms in total. The number of hydrogen-bond acceptors (Lipinski definition) is 4. The van der Waals surface area contributed by atoms with Gasteiger partial charge >= 0.3 is 5.97 Å². The zero-order chi connectivity index (χ0) is 12.3.